The minimum absolute atomic E-state index is 0.130. The summed E-state index contributed by atoms with van der Waals surface area (Å²) in [5.41, 5.74) is 0.958. The van der Waals surface area contributed by atoms with E-state index < -0.39 is 23.1 Å². The first-order valence-electron chi connectivity index (χ1n) is 8.84. The number of aromatic hydroxyl groups is 1. The second-order valence-corrected chi connectivity index (χ2v) is 6.84. The SMILES string of the molecule is CN1CC(C(c2ccccc2)c2ccc(F)cc2)n2ncc(=O)c(O)c2C1=O. The van der Waals surface area contributed by atoms with Gasteiger partial charge in [0.1, 0.15) is 5.82 Å². The topological polar surface area (TPSA) is 75.4 Å². The van der Waals surface area contributed by atoms with Crippen LogP contribution in [0.2, 0.25) is 0 Å². The Morgan fingerprint density at radius 2 is 1.71 bits per heavy atom. The highest BCUT2D eigenvalue weighted by Crippen LogP contribution is 2.38. The number of amides is 1. The van der Waals surface area contributed by atoms with E-state index in [0.717, 1.165) is 17.3 Å². The minimum atomic E-state index is -0.702. The molecule has 0 spiro atoms. The molecule has 4 rings (SSSR count). The molecule has 2 aromatic carbocycles. The van der Waals surface area contributed by atoms with Crippen molar-refractivity contribution in [2.75, 3.05) is 13.6 Å². The van der Waals surface area contributed by atoms with Crippen molar-refractivity contribution < 1.29 is 14.3 Å². The fourth-order valence-corrected chi connectivity index (χ4v) is 3.74. The Morgan fingerprint density at radius 3 is 2.39 bits per heavy atom. The molecule has 1 aliphatic heterocycles. The van der Waals surface area contributed by atoms with Gasteiger partial charge in [0.25, 0.3) is 5.91 Å². The molecule has 142 valence electrons. The lowest BCUT2D eigenvalue weighted by molar-refractivity contribution is 0.0686. The highest BCUT2D eigenvalue weighted by molar-refractivity contribution is 5.95. The molecule has 2 unspecified atom stereocenters. The lowest BCUT2D eigenvalue weighted by Crippen LogP contribution is -2.45. The summed E-state index contributed by atoms with van der Waals surface area (Å²) in [4.78, 5) is 25.9. The normalized spacial score (nSPS) is 17.3. The maximum atomic E-state index is 13.5. The first kappa shape index (κ1) is 17.9. The van der Waals surface area contributed by atoms with Gasteiger partial charge in [-0.3, -0.25) is 14.3 Å². The second-order valence-electron chi connectivity index (χ2n) is 6.84. The van der Waals surface area contributed by atoms with Crippen LogP contribution in [0, 0.1) is 5.82 Å². The number of benzene rings is 2. The first-order chi connectivity index (χ1) is 13.5. The van der Waals surface area contributed by atoms with Crippen LogP contribution in [0.15, 0.2) is 65.6 Å². The third-order valence-corrected chi connectivity index (χ3v) is 5.08. The van der Waals surface area contributed by atoms with E-state index in [1.165, 1.54) is 21.7 Å². The molecule has 0 saturated heterocycles. The van der Waals surface area contributed by atoms with E-state index in [2.05, 4.69) is 5.10 Å². The Bertz CT molecular complexity index is 1080. The standard InChI is InChI=1S/C21H18FN3O3/c1-24-12-16(25-19(21(24)28)20(27)17(26)11-23-25)18(13-5-3-2-4-6-13)14-7-9-15(22)10-8-14/h2-11,16,18,27H,12H2,1H3. The zero-order valence-electron chi connectivity index (χ0n) is 15.1. The lowest BCUT2D eigenvalue weighted by Gasteiger charge is -2.37. The quantitative estimate of drug-likeness (QED) is 0.759. The molecule has 6 nitrogen and oxygen atoms in total. The number of carbonyl (C=O) groups is 1. The fourth-order valence-electron chi connectivity index (χ4n) is 3.74. The van der Waals surface area contributed by atoms with Gasteiger partial charge in [-0.15, -0.1) is 0 Å². The van der Waals surface area contributed by atoms with Crippen LogP contribution in [0.4, 0.5) is 4.39 Å². The summed E-state index contributed by atoms with van der Waals surface area (Å²) in [6.07, 6.45) is 1.01. The van der Waals surface area contributed by atoms with Crippen LogP contribution < -0.4 is 5.43 Å². The molecule has 0 saturated carbocycles. The van der Waals surface area contributed by atoms with Crippen LogP contribution in [-0.2, 0) is 0 Å². The number of nitrogens with zero attached hydrogens (tertiary/aromatic N) is 3. The van der Waals surface area contributed by atoms with Crippen LogP contribution >= 0.6 is 0 Å². The monoisotopic (exact) mass is 379 g/mol. The van der Waals surface area contributed by atoms with Gasteiger partial charge >= 0.3 is 0 Å². The Hall–Kier alpha value is -3.48. The van der Waals surface area contributed by atoms with Gasteiger partial charge < -0.3 is 10.0 Å². The highest BCUT2D eigenvalue weighted by atomic mass is 19.1. The molecule has 0 radical (unpaired) electrons. The summed E-state index contributed by atoms with van der Waals surface area (Å²) in [5, 5.41) is 14.4. The van der Waals surface area contributed by atoms with Crippen molar-refractivity contribution in [1.29, 1.82) is 0 Å². The number of likely N-dealkylation sites (N-methyl/N-ethyl adjacent to an activating group) is 1. The highest BCUT2D eigenvalue weighted by Gasteiger charge is 2.38. The average Bonchev–Trinajstić information content (AvgIpc) is 2.70. The molecular formula is C21H18FN3O3. The van der Waals surface area contributed by atoms with Crippen LogP contribution in [0.3, 0.4) is 0 Å². The van der Waals surface area contributed by atoms with Crippen LogP contribution in [0.25, 0.3) is 0 Å². The van der Waals surface area contributed by atoms with Crippen LogP contribution in [-0.4, -0.2) is 39.3 Å². The molecule has 1 amide bonds. The predicted molar refractivity (Wildman–Crippen MR) is 101 cm³/mol. The van der Waals surface area contributed by atoms with Gasteiger partial charge in [-0.1, -0.05) is 42.5 Å². The number of aromatic nitrogens is 2. The predicted octanol–water partition coefficient (Wildman–Crippen LogP) is 2.55. The summed E-state index contributed by atoms with van der Waals surface area (Å²) in [5.74, 6) is -1.69. The Kier molecular flexibility index (Phi) is 4.43. The molecule has 1 N–H and O–H groups in total. The Morgan fingerprint density at radius 1 is 1.07 bits per heavy atom. The van der Waals surface area contributed by atoms with Crippen LogP contribution in [0.5, 0.6) is 5.75 Å². The Balaban J connectivity index is 1.94. The Labute approximate surface area is 160 Å². The van der Waals surface area contributed by atoms with Gasteiger partial charge in [-0.2, -0.15) is 5.10 Å². The number of carbonyl (C=O) groups excluding carboxylic acids is 1. The molecule has 1 aromatic heterocycles. The summed E-state index contributed by atoms with van der Waals surface area (Å²) < 4.78 is 14.9. The zero-order chi connectivity index (χ0) is 19.8. The van der Waals surface area contributed by atoms with E-state index in [9.17, 15) is 19.1 Å². The third-order valence-electron chi connectivity index (χ3n) is 5.08. The fraction of sp³-hybridized carbons (Fsp3) is 0.190. The lowest BCUT2D eigenvalue weighted by atomic mass is 9.84. The van der Waals surface area contributed by atoms with Gasteiger partial charge in [-0.25, -0.2) is 4.39 Å². The van der Waals surface area contributed by atoms with Gasteiger partial charge in [-0.05, 0) is 23.3 Å². The molecule has 28 heavy (non-hydrogen) atoms. The first-order valence-corrected chi connectivity index (χ1v) is 8.84. The zero-order valence-corrected chi connectivity index (χ0v) is 15.1. The van der Waals surface area contributed by atoms with Gasteiger partial charge in [0.15, 0.2) is 11.4 Å². The summed E-state index contributed by atoms with van der Waals surface area (Å²) in [6, 6.07) is 15.4. The molecule has 2 atom stereocenters. The maximum Gasteiger partial charge on any atom is 0.275 e. The largest absolute Gasteiger partial charge is 0.502 e. The number of fused-ring (bicyclic) bond motifs is 1. The van der Waals surface area contributed by atoms with E-state index in [1.807, 2.05) is 30.3 Å². The molecular weight excluding hydrogens is 361 g/mol. The number of rotatable bonds is 3. The molecule has 0 bridgehead atoms. The minimum Gasteiger partial charge on any atom is -0.502 e. The van der Waals surface area contributed by atoms with Crippen molar-refractivity contribution in [2.45, 2.75) is 12.0 Å². The molecule has 2 heterocycles. The number of hydrogen-bond donors (Lipinski definition) is 1. The van der Waals surface area contributed by atoms with E-state index in [1.54, 1.807) is 19.2 Å². The summed E-state index contributed by atoms with van der Waals surface area (Å²) in [7, 11) is 1.61. The second kappa shape index (κ2) is 6.92. The van der Waals surface area contributed by atoms with E-state index in [4.69, 9.17) is 0 Å². The molecule has 3 aromatic rings. The summed E-state index contributed by atoms with van der Waals surface area (Å²) >= 11 is 0. The van der Waals surface area contributed by atoms with E-state index in [-0.39, 0.29) is 17.4 Å². The van der Waals surface area contributed by atoms with Crippen molar-refractivity contribution in [3.63, 3.8) is 0 Å². The number of halogens is 1. The average molecular weight is 379 g/mol. The van der Waals surface area contributed by atoms with Gasteiger partial charge in [0.2, 0.25) is 5.43 Å². The molecule has 0 aliphatic carbocycles. The van der Waals surface area contributed by atoms with Gasteiger partial charge in [0.05, 0.1) is 12.2 Å². The van der Waals surface area contributed by atoms with Crippen molar-refractivity contribution in [1.82, 2.24) is 14.7 Å². The molecule has 1 aliphatic rings. The van der Waals surface area contributed by atoms with E-state index >= 15 is 0 Å². The van der Waals surface area contributed by atoms with Crippen LogP contribution in [0.1, 0.15) is 33.6 Å². The van der Waals surface area contributed by atoms with Crippen molar-refractivity contribution >= 4 is 5.91 Å². The summed E-state index contributed by atoms with van der Waals surface area (Å²) in [6.45, 7) is 0.318. The van der Waals surface area contributed by atoms with E-state index in [0.29, 0.717) is 6.54 Å². The van der Waals surface area contributed by atoms with Crippen molar-refractivity contribution in [3.05, 3.63) is 93.7 Å². The maximum absolute atomic E-state index is 13.5. The third kappa shape index (κ3) is 2.94. The van der Waals surface area contributed by atoms with Gasteiger partial charge in [0, 0.05) is 19.5 Å². The molecule has 7 heteroatoms. The smallest absolute Gasteiger partial charge is 0.275 e. The van der Waals surface area contributed by atoms with Crippen molar-refractivity contribution in [3.8, 4) is 5.75 Å². The van der Waals surface area contributed by atoms with Crippen molar-refractivity contribution in [2.24, 2.45) is 0 Å². The molecule has 0 fully saturated rings. The number of hydrogen-bond acceptors (Lipinski definition) is 4.